The lowest BCUT2D eigenvalue weighted by Gasteiger charge is -2.40. The van der Waals surface area contributed by atoms with Crippen LogP contribution in [0.2, 0.25) is 0 Å². The number of nitrogens with one attached hydrogen (secondary N) is 2. The molecule has 5 heteroatoms. The van der Waals surface area contributed by atoms with Gasteiger partial charge in [-0.3, -0.25) is 0 Å². The van der Waals surface area contributed by atoms with Crippen LogP contribution < -0.4 is 10.6 Å². The molecular weight excluding hydrogens is 304 g/mol. The van der Waals surface area contributed by atoms with E-state index in [0.29, 0.717) is 18.1 Å². The Hall–Kier alpha value is -1.59. The van der Waals surface area contributed by atoms with Crippen molar-refractivity contribution >= 4 is 6.09 Å². The molecule has 2 aliphatic rings. The van der Waals surface area contributed by atoms with Crippen molar-refractivity contribution in [2.75, 3.05) is 19.8 Å². The predicted octanol–water partition coefficient (Wildman–Crippen LogP) is 2.85. The summed E-state index contributed by atoms with van der Waals surface area (Å²) in [5.74, 6) is 0. The van der Waals surface area contributed by atoms with Gasteiger partial charge in [0.15, 0.2) is 0 Å². The number of carbonyl (C=O) groups excluding carboxylic acids is 1. The first kappa shape index (κ1) is 17.2. The first-order valence-corrected chi connectivity index (χ1v) is 8.91. The third-order valence-electron chi connectivity index (χ3n) is 5.19. The second-order valence-electron chi connectivity index (χ2n) is 7.38. The Kier molecular flexibility index (Phi) is 5.74. The fourth-order valence-corrected chi connectivity index (χ4v) is 3.27. The minimum Gasteiger partial charge on any atom is -0.445 e. The summed E-state index contributed by atoms with van der Waals surface area (Å²) in [7, 11) is 0. The average Bonchev–Trinajstić information content (AvgIpc) is 2.56. The highest BCUT2D eigenvalue weighted by atomic mass is 16.5. The van der Waals surface area contributed by atoms with Crippen molar-refractivity contribution in [1.29, 1.82) is 0 Å². The molecule has 2 fully saturated rings. The zero-order valence-corrected chi connectivity index (χ0v) is 14.4. The molecular formula is C19H28N2O3. The van der Waals surface area contributed by atoms with E-state index in [1.165, 1.54) is 0 Å². The fraction of sp³-hybridized carbons (Fsp3) is 0.632. The normalized spacial score (nSPS) is 25.5. The lowest BCUT2D eigenvalue weighted by molar-refractivity contribution is 0.0207. The summed E-state index contributed by atoms with van der Waals surface area (Å²) < 4.78 is 10.7. The summed E-state index contributed by atoms with van der Waals surface area (Å²) in [6.07, 6.45) is 3.89. The Labute approximate surface area is 144 Å². The molecule has 1 saturated carbocycles. The molecule has 5 nitrogen and oxygen atoms in total. The van der Waals surface area contributed by atoms with Gasteiger partial charge >= 0.3 is 6.09 Å². The summed E-state index contributed by atoms with van der Waals surface area (Å²) in [5.41, 5.74) is 1.36. The summed E-state index contributed by atoms with van der Waals surface area (Å²) in [6.45, 7) is 5.44. The predicted molar refractivity (Wildman–Crippen MR) is 92.7 cm³/mol. The van der Waals surface area contributed by atoms with Crippen LogP contribution in [0.25, 0.3) is 0 Å². The maximum absolute atomic E-state index is 11.8. The van der Waals surface area contributed by atoms with E-state index in [-0.39, 0.29) is 12.1 Å². The van der Waals surface area contributed by atoms with E-state index in [1.54, 1.807) is 0 Å². The van der Waals surface area contributed by atoms with Gasteiger partial charge in [0.1, 0.15) is 6.61 Å². The van der Waals surface area contributed by atoms with Gasteiger partial charge < -0.3 is 20.1 Å². The minimum absolute atomic E-state index is 0.230. The highest BCUT2D eigenvalue weighted by molar-refractivity contribution is 5.67. The molecule has 1 aliphatic carbocycles. The van der Waals surface area contributed by atoms with Gasteiger partial charge in [0.2, 0.25) is 0 Å². The molecule has 1 saturated heterocycles. The number of amides is 1. The van der Waals surface area contributed by atoms with Crippen LogP contribution in [0.15, 0.2) is 30.3 Å². The van der Waals surface area contributed by atoms with Crippen LogP contribution >= 0.6 is 0 Å². The molecule has 0 unspecified atom stereocenters. The first-order valence-electron chi connectivity index (χ1n) is 8.91. The largest absolute Gasteiger partial charge is 0.445 e. The number of alkyl carbamates (subject to hydrolysis) is 1. The second-order valence-corrected chi connectivity index (χ2v) is 7.38. The average molecular weight is 332 g/mol. The molecule has 0 aromatic heterocycles. The van der Waals surface area contributed by atoms with Crippen LogP contribution in [0.4, 0.5) is 4.79 Å². The van der Waals surface area contributed by atoms with Crippen LogP contribution in [0, 0.1) is 5.41 Å². The van der Waals surface area contributed by atoms with Gasteiger partial charge in [0.05, 0.1) is 0 Å². The van der Waals surface area contributed by atoms with Gasteiger partial charge in [-0.2, -0.15) is 0 Å². The van der Waals surface area contributed by atoms with Crippen LogP contribution in [0.3, 0.4) is 0 Å². The third kappa shape index (κ3) is 4.95. The molecule has 132 valence electrons. The second kappa shape index (κ2) is 7.99. The maximum Gasteiger partial charge on any atom is 0.407 e. The molecule has 3 rings (SSSR count). The van der Waals surface area contributed by atoms with Crippen LogP contribution in [0.1, 0.15) is 38.2 Å². The molecule has 1 aromatic rings. The first-order chi connectivity index (χ1) is 11.6. The van der Waals surface area contributed by atoms with Gasteiger partial charge in [-0.15, -0.1) is 0 Å². The summed E-state index contributed by atoms with van der Waals surface area (Å²) in [5, 5.41) is 6.59. The maximum atomic E-state index is 11.8. The highest BCUT2D eigenvalue weighted by Gasteiger charge is 2.33. The minimum atomic E-state index is -0.321. The zero-order valence-electron chi connectivity index (χ0n) is 14.4. The molecule has 0 bridgehead atoms. The van der Waals surface area contributed by atoms with E-state index in [9.17, 15) is 4.79 Å². The molecule has 24 heavy (non-hydrogen) atoms. The summed E-state index contributed by atoms with van der Waals surface area (Å²) >= 11 is 0. The molecule has 1 amide bonds. The Morgan fingerprint density at radius 3 is 2.62 bits per heavy atom. The Balaban J connectivity index is 1.28. The van der Waals surface area contributed by atoms with E-state index < -0.39 is 0 Å². The Bertz CT molecular complexity index is 523. The van der Waals surface area contributed by atoms with Crippen molar-refractivity contribution in [2.24, 2.45) is 5.41 Å². The molecule has 2 N–H and O–H groups in total. The van der Waals surface area contributed by atoms with Gasteiger partial charge in [0, 0.05) is 31.8 Å². The van der Waals surface area contributed by atoms with Gasteiger partial charge in [-0.25, -0.2) is 4.79 Å². The smallest absolute Gasteiger partial charge is 0.407 e. The van der Waals surface area contributed by atoms with Crippen molar-refractivity contribution in [3.63, 3.8) is 0 Å². The monoisotopic (exact) mass is 332 g/mol. The van der Waals surface area contributed by atoms with Crippen LogP contribution in [-0.4, -0.2) is 37.9 Å². The number of hydrogen-bond donors (Lipinski definition) is 2. The van der Waals surface area contributed by atoms with Crippen molar-refractivity contribution in [1.82, 2.24) is 10.6 Å². The number of benzene rings is 1. The molecule has 1 aromatic carbocycles. The standard InChI is InChI=1S/C19H28N2O3/c1-19(7-9-23-10-8-19)14-20-16-11-17(12-16)21-18(22)24-13-15-5-3-2-4-6-15/h2-6,16-17,20H,7-14H2,1H3,(H,21,22). The third-order valence-corrected chi connectivity index (χ3v) is 5.19. The SMILES string of the molecule is CC1(CNC2CC(NC(=O)OCc3ccccc3)C2)CCOCC1. The van der Waals surface area contributed by atoms with Crippen molar-refractivity contribution in [2.45, 2.75) is 51.3 Å². The molecule has 1 heterocycles. The fourth-order valence-electron chi connectivity index (χ4n) is 3.27. The van der Waals surface area contributed by atoms with E-state index >= 15 is 0 Å². The highest BCUT2D eigenvalue weighted by Crippen LogP contribution is 2.30. The van der Waals surface area contributed by atoms with E-state index in [1.807, 2.05) is 30.3 Å². The molecule has 0 radical (unpaired) electrons. The van der Waals surface area contributed by atoms with E-state index in [2.05, 4.69) is 17.6 Å². The van der Waals surface area contributed by atoms with Gasteiger partial charge in [0.25, 0.3) is 0 Å². The van der Waals surface area contributed by atoms with Crippen molar-refractivity contribution in [3.8, 4) is 0 Å². The lowest BCUT2D eigenvalue weighted by atomic mass is 9.80. The molecule has 0 atom stereocenters. The molecule has 0 spiro atoms. The topological polar surface area (TPSA) is 59.6 Å². The van der Waals surface area contributed by atoms with Gasteiger partial charge in [-0.1, -0.05) is 37.3 Å². The number of rotatable bonds is 6. The van der Waals surface area contributed by atoms with Crippen LogP contribution in [0.5, 0.6) is 0 Å². The summed E-state index contributed by atoms with van der Waals surface area (Å²) in [6, 6.07) is 10.5. The Morgan fingerprint density at radius 2 is 1.92 bits per heavy atom. The quantitative estimate of drug-likeness (QED) is 0.841. The molecule has 1 aliphatic heterocycles. The van der Waals surface area contributed by atoms with E-state index in [0.717, 1.165) is 51.0 Å². The summed E-state index contributed by atoms with van der Waals surface area (Å²) in [4.78, 5) is 11.8. The number of hydrogen-bond acceptors (Lipinski definition) is 4. The van der Waals surface area contributed by atoms with E-state index in [4.69, 9.17) is 9.47 Å². The van der Waals surface area contributed by atoms with Crippen LogP contribution in [-0.2, 0) is 16.1 Å². The van der Waals surface area contributed by atoms with Crippen molar-refractivity contribution < 1.29 is 14.3 Å². The van der Waals surface area contributed by atoms with Gasteiger partial charge in [-0.05, 0) is 36.7 Å². The van der Waals surface area contributed by atoms with Crippen molar-refractivity contribution in [3.05, 3.63) is 35.9 Å². The number of ether oxygens (including phenoxy) is 2. The Morgan fingerprint density at radius 1 is 1.21 bits per heavy atom. The number of carbonyl (C=O) groups is 1. The zero-order chi connectivity index (χ0) is 16.8. The lowest BCUT2D eigenvalue weighted by Crippen LogP contribution is -2.54.